The summed E-state index contributed by atoms with van der Waals surface area (Å²) < 4.78 is 0. The van der Waals surface area contributed by atoms with E-state index in [1.54, 1.807) is 0 Å². The van der Waals surface area contributed by atoms with Gasteiger partial charge in [-0.2, -0.15) is 0 Å². The highest BCUT2D eigenvalue weighted by Gasteiger charge is 2.11. The zero-order valence-electron chi connectivity index (χ0n) is 10.1. The van der Waals surface area contributed by atoms with E-state index in [9.17, 15) is 5.11 Å². The normalized spacial score (nSPS) is 15.4. The minimum atomic E-state index is -0.156. The summed E-state index contributed by atoms with van der Waals surface area (Å²) in [5.74, 6) is 0.712. The maximum Gasteiger partial charge on any atom is 0.0667 e. The van der Waals surface area contributed by atoms with E-state index in [1.807, 2.05) is 0 Å². The van der Waals surface area contributed by atoms with Gasteiger partial charge in [0, 0.05) is 6.54 Å². The molecule has 0 bridgehead atoms. The van der Waals surface area contributed by atoms with Crippen molar-refractivity contribution in [2.75, 3.05) is 13.1 Å². The molecule has 2 unspecified atom stereocenters. The first kappa shape index (κ1) is 13.9. The molecule has 0 aromatic rings. The van der Waals surface area contributed by atoms with Gasteiger partial charge in [-0.15, -0.1) is 0 Å². The Morgan fingerprint density at radius 2 is 1.93 bits per heavy atom. The summed E-state index contributed by atoms with van der Waals surface area (Å²) in [5, 5.41) is 12.9. The first-order chi connectivity index (χ1) is 6.74. The molecule has 0 aromatic heterocycles. The summed E-state index contributed by atoms with van der Waals surface area (Å²) in [6.45, 7) is 8.21. The van der Waals surface area contributed by atoms with Gasteiger partial charge in [0.25, 0.3) is 0 Å². The van der Waals surface area contributed by atoms with Gasteiger partial charge in [0.1, 0.15) is 0 Å². The van der Waals surface area contributed by atoms with Gasteiger partial charge in [-0.25, -0.2) is 0 Å². The second-order valence-corrected chi connectivity index (χ2v) is 4.11. The van der Waals surface area contributed by atoms with Crippen LogP contribution in [-0.4, -0.2) is 24.3 Å². The molecule has 86 valence electrons. The summed E-state index contributed by atoms with van der Waals surface area (Å²) >= 11 is 0. The van der Waals surface area contributed by atoms with Crippen molar-refractivity contribution in [3.63, 3.8) is 0 Å². The van der Waals surface area contributed by atoms with Crippen molar-refractivity contribution in [3.8, 4) is 0 Å². The average Bonchev–Trinajstić information content (AvgIpc) is 2.21. The zero-order valence-corrected chi connectivity index (χ0v) is 10.1. The lowest BCUT2D eigenvalue weighted by atomic mass is 9.93. The molecule has 0 aromatic carbocycles. The molecule has 2 nitrogen and oxygen atoms in total. The second-order valence-electron chi connectivity index (χ2n) is 4.11. The van der Waals surface area contributed by atoms with E-state index in [-0.39, 0.29) is 6.10 Å². The van der Waals surface area contributed by atoms with Crippen molar-refractivity contribution >= 4 is 0 Å². The van der Waals surface area contributed by atoms with E-state index < -0.39 is 0 Å². The van der Waals surface area contributed by atoms with Gasteiger partial charge in [-0.05, 0) is 18.9 Å². The number of rotatable bonds is 9. The van der Waals surface area contributed by atoms with Crippen LogP contribution in [0.15, 0.2) is 0 Å². The highest BCUT2D eigenvalue weighted by atomic mass is 16.3. The van der Waals surface area contributed by atoms with Crippen molar-refractivity contribution in [1.82, 2.24) is 5.32 Å². The van der Waals surface area contributed by atoms with Crippen LogP contribution in [0.5, 0.6) is 0 Å². The van der Waals surface area contributed by atoms with Crippen molar-refractivity contribution in [2.45, 2.75) is 59.0 Å². The van der Waals surface area contributed by atoms with Crippen molar-refractivity contribution in [3.05, 3.63) is 0 Å². The van der Waals surface area contributed by atoms with E-state index in [0.717, 1.165) is 19.5 Å². The number of aliphatic hydroxyl groups is 1. The summed E-state index contributed by atoms with van der Waals surface area (Å²) in [5.41, 5.74) is 0. The fraction of sp³-hybridized carbons (Fsp3) is 1.00. The quantitative estimate of drug-likeness (QED) is 0.601. The largest absolute Gasteiger partial charge is 0.392 e. The van der Waals surface area contributed by atoms with Crippen molar-refractivity contribution in [1.29, 1.82) is 0 Å². The molecule has 0 saturated heterocycles. The third-order valence-electron chi connectivity index (χ3n) is 2.78. The van der Waals surface area contributed by atoms with Crippen LogP contribution in [0.25, 0.3) is 0 Å². The molecule has 0 aliphatic carbocycles. The molecule has 0 amide bonds. The van der Waals surface area contributed by atoms with E-state index in [2.05, 4.69) is 26.1 Å². The smallest absolute Gasteiger partial charge is 0.0667 e. The average molecular weight is 201 g/mol. The molecule has 0 radical (unpaired) electrons. The number of nitrogens with one attached hydrogen (secondary N) is 1. The van der Waals surface area contributed by atoms with Crippen molar-refractivity contribution in [2.24, 2.45) is 5.92 Å². The molecule has 0 rings (SSSR count). The lowest BCUT2D eigenvalue weighted by molar-refractivity contribution is 0.136. The molecule has 0 aliphatic heterocycles. The monoisotopic (exact) mass is 201 g/mol. The Labute approximate surface area is 89.1 Å². The Morgan fingerprint density at radius 3 is 2.43 bits per heavy atom. The number of hydrogen-bond acceptors (Lipinski definition) is 2. The molecular weight excluding hydrogens is 174 g/mol. The van der Waals surface area contributed by atoms with Gasteiger partial charge in [0.15, 0.2) is 0 Å². The minimum Gasteiger partial charge on any atom is -0.392 e. The molecule has 2 N–H and O–H groups in total. The summed E-state index contributed by atoms with van der Waals surface area (Å²) in [6.07, 6.45) is 5.84. The molecule has 0 saturated carbocycles. The van der Waals surface area contributed by atoms with E-state index in [1.165, 1.54) is 25.7 Å². The number of likely N-dealkylation sites (N-methyl/N-ethyl adjacent to an activating group) is 1. The maximum absolute atomic E-state index is 9.72. The van der Waals surface area contributed by atoms with Crippen LogP contribution in [-0.2, 0) is 0 Å². The van der Waals surface area contributed by atoms with Crippen LogP contribution in [0.3, 0.4) is 0 Å². The maximum atomic E-state index is 9.72. The van der Waals surface area contributed by atoms with Crippen LogP contribution in [0.1, 0.15) is 52.9 Å². The van der Waals surface area contributed by atoms with Crippen LogP contribution in [0.2, 0.25) is 0 Å². The molecule has 0 heterocycles. The van der Waals surface area contributed by atoms with Gasteiger partial charge in [-0.3, -0.25) is 0 Å². The topological polar surface area (TPSA) is 32.3 Å². The molecular formula is C12H27NO. The summed E-state index contributed by atoms with van der Waals surface area (Å²) in [6, 6.07) is 0. The molecule has 14 heavy (non-hydrogen) atoms. The third kappa shape index (κ3) is 7.34. The van der Waals surface area contributed by atoms with Gasteiger partial charge < -0.3 is 10.4 Å². The first-order valence-electron chi connectivity index (χ1n) is 6.13. The Kier molecular flexibility index (Phi) is 9.42. The van der Waals surface area contributed by atoms with Crippen LogP contribution in [0.4, 0.5) is 0 Å². The number of hydrogen-bond donors (Lipinski definition) is 2. The SMILES string of the molecule is CCCCC(CC)CC(O)CNCC. The molecule has 0 fully saturated rings. The predicted octanol–water partition coefficient (Wildman–Crippen LogP) is 2.56. The Bertz CT molecular complexity index is 117. The predicted molar refractivity (Wildman–Crippen MR) is 62.5 cm³/mol. The highest BCUT2D eigenvalue weighted by Crippen LogP contribution is 2.18. The fourth-order valence-corrected chi connectivity index (χ4v) is 1.76. The first-order valence-corrected chi connectivity index (χ1v) is 6.13. The Hall–Kier alpha value is -0.0800. The van der Waals surface area contributed by atoms with E-state index in [4.69, 9.17) is 0 Å². The summed E-state index contributed by atoms with van der Waals surface area (Å²) in [4.78, 5) is 0. The van der Waals surface area contributed by atoms with Gasteiger partial charge in [-0.1, -0.05) is 46.5 Å². The zero-order chi connectivity index (χ0) is 10.8. The third-order valence-corrected chi connectivity index (χ3v) is 2.78. The molecule has 0 aliphatic rings. The Morgan fingerprint density at radius 1 is 1.21 bits per heavy atom. The minimum absolute atomic E-state index is 0.156. The Balaban J connectivity index is 3.57. The number of aliphatic hydroxyl groups excluding tert-OH is 1. The van der Waals surface area contributed by atoms with E-state index in [0.29, 0.717) is 5.92 Å². The van der Waals surface area contributed by atoms with Gasteiger partial charge in [0.2, 0.25) is 0 Å². The molecule has 0 spiro atoms. The van der Waals surface area contributed by atoms with Crippen LogP contribution < -0.4 is 5.32 Å². The van der Waals surface area contributed by atoms with Crippen LogP contribution in [0, 0.1) is 5.92 Å². The summed E-state index contributed by atoms with van der Waals surface area (Å²) in [7, 11) is 0. The van der Waals surface area contributed by atoms with Crippen molar-refractivity contribution < 1.29 is 5.11 Å². The second kappa shape index (κ2) is 9.47. The lowest BCUT2D eigenvalue weighted by Crippen LogP contribution is -2.28. The fourth-order valence-electron chi connectivity index (χ4n) is 1.76. The lowest BCUT2D eigenvalue weighted by Gasteiger charge is -2.18. The molecule has 2 heteroatoms. The van der Waals surface area contributed by atoms with Gasteiger partial charge >= 0.3 is 0 Å². The standard InChI is InChI=1S/C12H27NO/c1-4-7-8-11(5-2)9-12(14)10-13-6-3/h11-14H,4-10H2,1-3H3. The van der Waals surface area contributed by atoms with Crippen LogP contribution >= 0.6 is 0 Å². The van der Waals surface area contributed by atoms with Gasteiger partial charge in [0.05, 0.1) is 6.10 Å². The molecule has 2 atom stereocenters. The highest BCUT2D eigenvalue weighted by molar-refractivity contribution is 4.66. The van der Waals surface area contributed by atoms with E-state index >= 15 is 0 Å². The number of unbranched alkanes of at least 4 members (excludes halogenated alkanes) is 1.